The summed E-state index contributed by atoms with van der Waals surface area (Å²) >= 11 is 0. The van der Waals surface area contributed by atoms with E-state index in [0.29, 0.717) is 36.6 Å². The van der Waals surface area contributed by atoms with Crippen molar-refractivity contribution in [3.05, 3.63) is 53.8 Å². The minimum atomic E-state index is -3.94. The lowest BCUT2D eigenvalue weighted by molar-refractivity contribution is 0.0956. The van der Waals surface area contributed by atoms with Gasteiger partial charge in [0.05, 0.1) is 16.3 Å². The third-order valence-corrected chi connectivity index (χ3v) is 5.80. The average molecular weight is 406 g/mol. The summed E-state index contributed by atoms with van der Waals surface area (Å²) in [6, 6.07) is 9.55. The van der Waals surface area contributed by atoms with E-state index in [1.165, 1.54) is 18.2 Å². The highest BCUT2D eigenvalue weighted by molar-refractivity contribution is 7.92. The number of sulfonamides is 1. The van der Waals surface area contributed by atoms with Gasteiger partial charge in [-0.1, -0.05) is 0 Å². The van der Waals surface area contributed by atoms with Crippen LogP contribution in [-0.4, -0.2) is 47.0 Å². The molecule has 28 heavy (non-hydrogen) atoms. The molecule has 1 amide bonds. The van der Waals surface area contributed by atoms with Gasteiger partial charge in [0.2, 0.25) is 0 Å². The summed E-state index contributed by atoms with van der Waals surface area (Å²) in [7, 11) is -3.94. The van der Waals surface area contributed by atoms with E-state index >= 15 is 0 Å². The fraction of sp³-hybridized carbons (Fsp3) is 0.316. The van der Waals surface area contributed by atoms with Gasteiger partial charge in [-0.3, -0.25) is 9.52 Å². The smallest absolute Gasteiger partial charge is 0.261 e. The maximum absolute atomic E-state index is 13.2. The van der Waals surface area contributed by atoms with Gasteiger partial charge >= 0.3 is 0 Å². The molecule has 1 saturated heterocycles. The highest BCUT2D eigenvalue weighted by Crippen LogP contribution is 2.30. The Labute approximate surface area is 164 Å². The lowest BCUT2D eigenvalue weighted by Gasteiger charge is -2.31. The number of hydrogen-bond acceptors (Lipinski definition) is 5. The third kappa shape index (κ3) is 4.60. The summed E-state index contributed by atoms with van der Waals surface area (Å²) < 4.78 is 41.3. The fourth-order valence-electron chi connectivity index (χ4n) is 3.02. The summed E-state index contributed by atoms with van der Waals surface area (Å²) in [6.45, 7) is 5.27. The predicted molar refractivity (Wildman–Crippen MR) is 107 cm³/mol. The van der Waals surface area contributed by atoms with E-state index in [4.69, 9.17) is 0 Å². The second-order valence-corrected chi connectivity index (χ2v) is 8.07. The van der Waals surface area contributed by atoms with Crippen LogP contribution in [-0.2, 0) is 10.0 Å². The monoisotopic (exact) mass is 406 g/mol. The number of nitrogens with one attached hydrogen (secondary N) is 3. The number of amides is 1. The Hall–Kier alpha value is -2.65. The van der Waals surface area contributed by atoms with Crippen molar-refractivity contribution in [3.63, 3.8) is 0 Å². The number of nitrogens with zero attached hydrogens (tertiary/aromatic N) is 1. The third-order valence-electron chi connectivity index (χ3n) is 4.42. The molecule has 9 heteroatoms. The number of hydrogen-bond donors (Lipinski definition) is 3. The molecule has 0 aromatic heterocycles. The number of halogens is 1. The van der Waals surface area contributed by atoms with E-state index in [2.05, 4.69) is 20.3 Å². The second-order valence-electron chi connectivity index (χ2n) is 6.39. The zero-order valence-corrected chi connectivity index (χ0v) is 16.4. The van der Waals surface area contributed by atoms with Gasteiger partial charge < -0.3 is 15.5 Å². The normalized spacial score (nSPS) is 14.6. The van der Waals surface area contributed by atoms with E-state index < -0.39 is 15.8 Å². The Kier molecular flexibility index (Phi) is 6.15. The van der Waals surface area contributed by atoms with Crippen LogP contribution in [0.5, 0.6) is 0 Å². The number of rotatable bonds is 6. The Morgan fingerprint density at radius 2 is 1.82 bits per heavy atom. The molecule has 2 aromatic carbocycles. The zero-order chi connectivity index (χ0) is 20.1. The Morgan fingerprint density at radius 3 is 2.46 bits per heavy atom. The molecule has 0 spiro atoms. The van der Waals surface area contributed by atoms with Crippen LogP contribution in [0, 0.1) is 5.82 Å². The zero-order valence-electron chi connectivity index (χ0n) is 15.5. The maximum atomic E-state index is 13.2. The molecule has 0 aliphatic carbocycles. The highest BCUT2D eigenvalue weighted by atomic mass is 32.2. The van der Waals surface area contributed by atoms with Crippen molar-refractivity contribution >= 4 is 27.3 Å². The van der Waals surface area contributed by atoms with Crippen LogP contribution in [0.4, 0.5) is 15.8 Å². The highest BCUT2D eigenvalue weighted by Gasteiger charge is 2.21. The van der Waals surface area contributed by atoms with Crippen LogP contribution in [0.3, 0.4) is 0 Å². The van der Waals surface area contributed by atoms with E-state index in [-0.39, 0.29) is 10.8 Å². The van der Waals surface area contributed by atoms with Crippen molar-refractivity contribution in [1.82, 2.24) is 10.6 Å². The first kappa shape index (κ1) is 20.1. The Bertz CT molecular complexity index is 942. The molecule has 7 nitrogen and oxygen atoms in total. The SMILES string of the molecule is CCNC(=O)c1ccc(N2CCNCC2)c(NS(=O)(=O)c2ccc(F)cc2)c1. The van der Waals surface area contributed by atoms with E-state index in [1.807, 2.05) is 6.92 Å². The van der Waals surface area contributed by atoms with Crippen LogP contribution in [0.15, 0.2) is 47.4 Å². The molecule has 0 saturated carbocycles. The van der Waals surface area contributed by atoms with Crippen LogP contribution in [0.25, 0.3) is 0 Å². The molecular formula is C19H23FN4O3S. The lowest BCUT2D eigenvalue weighted by Crippen LogP contribution is -2.43. The van der Waals surface area contributed by atoms with Gasteiger partial charge in [0.1, 0.15) is 5.82 Å². The number of carbonyl (C=O) groups excluding carboxylic acids is 1. The molecule has 2 aromatic rings. The summed E-state index contributed by atoms with van der Waals surface area (Å²) in [4.78, 5) is 14.2. The van der Waals surface area contributed by atoms with E-state index in [9.17, 15) is 17.6 Å². The summed E-state index contributed by atoms with van der Waals surface area (Å²) in [5.74, 6) is -0.796. The molecule has 0 radical (unpaired) electrons. The molecule has 1 aliphatic rings. The first-order valence-electron chi connectivity index (χ1n) is 9.07. The first-order chi connectivity index (χ1) is 13.4. The fourth-order valence-corrected chi connectivity index (χ4v) is 4.09. The van der Waals surface area contributed by atoms with E-state index in [1.54, 1.807) is 12.1 Å². The van der Waals surface area contributed by atoms with Gasteiger partial charge in [0, 0.05) is 38.3 Å². The molecular weight excluding hydrogens is 383 g/mol. The minimum absolute atomic E-state index is 0.0522. The van der Waals surface area contributed by atoms with Crippen molar-refractivity contribution in [2.24, 2.45) is 0 Å². The predicted octanol–water partition coefficient (Wildman–Crippen LogP) is 1.79. The van der Waals surface area contributed by atoms with Gasteiger partial charge in [0.15, 0.2) is 0 Å². The molecule has 0 bridgehead atoms. The van der Waals surface area contributed by atoms with Crippen LogP contribution in [0.1, 0.15) is 17.3 Å². The number of piperazine rings is 1. The van der Waals surface area contributed by atoms with Crippen LogP contribution < -0.4 is 20.3 Å². The molecule has 1 fully saturated rings. The van der Waals surface area contributed by atoms with Gasteiger partial charge in [-0.05, 0) is 49.4 Å². The largest absolute Gasteiger partial charge is 0.367 e. The van der Waals surface area contributed by atoms with Gasteiger partial charge in [-0.2, -0.15) is 0 Å². The van der Waals surface area contributed by atoms with Crippen molar-refractivity contribution < 1.29 is 17.6 Å². The average Bonchev–Trinajstić information content (AvgIpc) is 2.69. The van der Waals surface area contributed by atoms with Gasteiger partial charge in [0.25, 0.3) is 15.9 Å². The molecule has 150 valence electrons. The van der Waals surface area contributed by atoms with E-state index in [0.717, 1.165) is 25.2 Å². The van der Waals surface area contributed by atoms with Crippen molar-refractivity contribution in [2.45, 2.75) is 11.8 Å². The summed E-state index contributed by atoms with van der Waals surface area (Å²) in [5, 5.41) is 5.96. The molecule has 3 rings (SSSR count). The van der Waals surface area contributed by atoms with Crippen LogP contribution in [0.2, 0.25) is 0 Å². The van der Waals surface area contributed by atoms with Gasteiger partial charge in [-0.15, -0.1) is 0 Å². The topological polar surface area (TPSA) is 90.5 Å². The van der Waals surface area contributed by atoms with Crippen molar-refractivity contribution in [1.29, 1.82) is 0 Å². The van der Waals surface area contributed by atoms with Crippen molar-refractivity contribution in [2.75, 3.05) is 42.3 Å². The Balaban J connectivity index is 1.98. The minimum Gasteiger partial charge on any atom is -0.367 e. The van der Waals surface area contributed by atoms with Crippen LogP contribution >= 0.6 is 0 Å². The molecule has 0 unspecified atom stereocenters. The molecule has 1 aliphatic heterocycles. The van der Waals surface area contributed by atoms with Gasteiger partial charge in [-0.25, -0.2) is 12.8 Å². The summed E-state index contributed by atoms with van der Waals surface area (Å²) in [6.07, 6.45) is 0. The number of anilines is 2. The Morgan fingerprint density at radius 1 is 1.14 bits per heavy atom. The summed E-state index contributed by atoms with van der Waals surface area (Å²) in [5.41, 5.74) is 1.37. The quantitative estimate of drug-likeness (QED) is 0.680. The first-order valence-corrected chi connectivity index (χ1v) is 10.6. The second kappa shape index (κ2) is 8.57. The van der Waals surface area contributed by atoms with Crippen molar-refractivity contribution in [3.8, 4) is 0 Å². The molecule has 3 N–H and O–H groups in total. The molecule has 1 heterocycles. The maximum Gasteiger partial charge on any atom is 0.261 e. The lowest BCUT2D eigenvalue weighted by atomic mass is 10.1. The standard InChI is InChI=1S/C19H23FN4O3S/c1-2-22-19(25)14-3-8-18(24-11-9-21-10-12-24)17(13-14)23-28(26,27)16-6-4-15(20)5-7-16/h3-8,13,21,23H,2,9-12H2,1H3,(H,22,25). The molecule has 0 atom stereocenters. The number of benzene rings is 2. The number of carbonyl (C=O) groups is 1.